The summed E-state index contributed by atoms with van der Waals surface area (Å²) in [6.45, 7) is 0. The number of alkyl halides is 3. The molecule has 1 aliphatic carbocycles. The molecule has 8 heteroatoms. The first-order valence-electron chi connectivity index (χ1n) is 9.28. The molecular formula is C23H18F4O4. The third kappa shape index (κ3) is 5.46. The number of hydrogen-bond acceptors (Lipinski definition) is 4. The quantitative estimate of drug-likeness (QED) is 0.327. The van der Waals surface area contributed by atoms with Gasteiger partial charge in [-0.25, -0.2) is 4.39 Å². The van der Waals surface area contributed by atoms with Gasteiger partial charge >= 0.3 is 6.36 Å². The van der Waals surface area contributed by atoms with E-state index in [9.17, 15) is 27.2 Å². The van der Waals surface area contributed by atoms with Crippen molar-refractivity contribution < 1.29 is 36.6 Å². The zero-order valence-corrected chi connectivity index (χ0v) is 16.4. The van der Waals surface area contributed by atoms with Gasteiger partial charge in [0.2, 0.25) is 11.6 Å². The van der Waals surface area contributed by atoms with Crippen molar-refractivity contribution in [2.45, 2.75) is 18.9 Å². The molecular weight excluding hydrogens is 416 g/mol. The first-order valence-corrected chi connectivity index (χ1v) is 9.28. The summed E-state index contributed by atoms with van der Waals surface area (Å²) in [5.74, 6) is -3.63. The first-order chi connectivity index (χ1) is 14.7. The summed E-state index contributed by atoms with van der Waals surface area (Å²) in [5.41, 5.74) is 0.941. The maximum Gasteiger partial charge on any atom is 0.573 e. The van der Waals surface area contributed by atoms with Crippen molar-refractivity contribution in [3.63, 3.8) is 0 Å². The summed E-state index contributed by atoms with van der Waals surface area (Å²) in [6.07, 6.45) is -3.46. The molecule has 0 aliphatic heterocycles. The molecule has 2 unspecified atom stereocenters. The van der Waals surface area contributed by atoms with Crippen LogP contribution in [0.2, 0.25) is 0 Å². The summed E-state index contributed by atoms with van der Waals surface area (Å²) in [6, 6.07) is 12.8. The fourth-order valence-corrected chi connectivity index (χ4v) is 3.40. The van der Waals surface area contributed by atoms with Crippen LogP contribution in [-0.2, 0) is 9.53 Å². The van der Waals surface area contributed by atoms with Gasteiger partial charge in [0.1, 0.15) is 17.7 Å². The fraction of sp³-hybridized carbons (Fsp3) is 0.217. The maximum atomic E-state index is 14.0. The zero-order valence-electron chi connectivity index (χ0n) is 16.4. The van der Waals surface area contributed by atoms with Crippen LogP contribution in [0.15, 0.2) is 78.1 Å². The van der Waals surface area contributed by atoms with Crippen molar-refractivity contribution >= 4 is 11.6 Å². The monoisotopic (exact) mass is 434 g/mol. The summed E-state index contributed by atoms with van der Waals surface area (Å²) in [4.78, 5) is 25.6. The molecule has 0 radical (unpaired) electrons. The van der Waals surface area contributed by atoms with E-state index < -0.39 is 41.5 Å². The van der Waals surface area contributed by atoms with E-state index >= 15 is 0 Å². The number of rotatable bonds is 7. The number of hydrogen-bond donors (Lipinski definition) is 0. The highest BCUT2D eigenvalue weighted by atomic mass is 19.4. The smallest absolute Gasteiger partial charge is 0.406 e. The van der Waals surface area contributed by atoms with E-state index in [0.29, 0.717) is 11.1 Å². The van der Waals surface area contributed by atoms with Gasteiger partial charge in [-0.3, -0.25) is 9.59 Å². The van der Waals surface area contributed by atoms with Gasteiger partial charge in [-0.1, -0.05) is 48.5 Å². The maximum absolute atomic E-state index is 14.0. The Morgan fingerprint density at radius 1 is 1.00 bits per heavy atom. The van der Waals surface area contributed by atoms with Crippen LogP contribution in [0.3, 0.4) is 0 Å². The van der Waals surface area contributed by atoms with E-state index in [1.54, 1.807) is 18.2 Å². The number of benzene rings is 2. The number of carbonyl (C=O) groups is 2. The highest BCUT2D eigenvalue weighted by Gasteiger charge is 2.36. The molecule has 0 N–H and O–H groups in total. The van der Waals surface area contributed by atoms with Crippen molar-refractivity contribution in [2.75, 3.05) is 7.11 Å². The largest absolute Gasteiger partial charge is 0.573 e. The van der Waals surface area contributed by atoms with Gasteiger partial charge in [-0.05, 0) is 29.3 Å². The summed E-state index contributed by atoms with van der Waals surface area (Å²) in [7, 11) is 1.35. The Labute approximate surface area is 175 Å². The number of halogens is 4. The molecule has 4 nitrogen and oxygen atoms in total. The van der Waals surface area contributed by atoms with Crippen LogP contribution in [0, 0.1) is 5.92 Å². The van der Waals surface area contributed by atoms with Gasteiger partial charge < -0.3 is 9.47 Å². The second-order valence-electron chi connectivity index (χ2n) is 6.83. The Hall–Kier alpha value is -3.26. The molecule has 1 aliphatic rings. The molecule has 0 bridgehead atoms. The lowest BCUT2D eigenvalue weighted by Crippen LogP contribution is -2.29. The SMILES string of the molecule is COC(C1=CC=C(F)CC1C(=O)C(=O)c1ccccc1)c1ccc(OC(F)(F)F)cc1. The lowest BCUT2D eigenvalue weighted by Gasteiger charge is -2.27. The second-order valence-corrected chi connectivity index (χ2v) is 6.83. The van der Waals surface area contributed by atoms with Crippen molar-refractivity contribution in [1.29, 1.82) is 0 Å². The first kappa shape index (κ1) is 22.4. The Morgan fingerprint density at radius 3 is 2.23 bits per heavy atom. The van der Waals surface area contributed by atoms with E-state index in [1.807, 2.05) is 0 Å². The van der Waals surface area contributed by atoms with Gasteiger partial charge in [0, 0.05) is 19.1 Å². The Morgan fingerprint density at radius 2 is 1.65 bits per heavy atom. The standard InChI is InChI=1S/C23H18F4O4/c1-30-22(15-7-10-17(11-8-15)31-23(25,26)27)18-12-9-16(24)13-19(18)21(29)20(28)14-5-3-2-4-6-14/h2-12,19,22H,13H2,1H3. The predicted molar refractivity (Wildman–Crippen MR) is 104 cm³/mol. The average molecular weight is 434 g/mol. The number of allylic oxidation sites excluding steroid dienone is 3. The molecule has 0 saturated heterocycles. The molecule has 2 aromatic rings. The van der Waals surface area contributed by atoms with Crippen molar-refractivity contribution in [2.24, 2.45) is 5.92 Å². The minimum Gasteiger partial charge on any atom is -0.406 e. The fourth-order valence-electron chi connectivity index (χ4n) is 3.40. The molecule has 31 heavy (non-hydrogen) atoms. The molecule has 3 rings (SSSR count). The van der Waals surface area contributed by atoms with Crippen LogP contribution >= 0.6 is 0 Å². The summed E-state index contributed by atoms with van der Waals surface area (Å²) >= 11 is 0. The van der Waals surface area contributed by atoms with Crippen LogP contribution in [-0.4, -0.2) is 25.0 Å². The Kier molecular flexibility index (Phi) is 6.70. The van der Waals surface area contributed by atoms with Crippen LogP contribution in [0.5, 0.6) is 5.75 Å². The molecule has 2 aromatic carbocycles. The third-order valence-corrected chi connectivity index (χ3v) is 4.79. The van der Waals surface area contributed by atoms with Gasteiger partial charge in [-0.15, -0.1) is 13.2 Å². The number of ketones is 2. The molecule has 0 amide bonds. The minimum atomic E-state index is -4.83. The Bertz CT molecular complexity index is 1010. The highest BCUT2D eigenvalue weighted by Crippen LogP contribution is 2.38. The van der Waals surface area contributed by atoms with Crippen LogP contribution < -0.4 is 4.74 Å². The van der Waals surface area contributed by atoms with Crippen LogP contribution in [0.1, 0.15) is 28.4 Å². The molecule has 0 fully saturated rings. The average Bonchev–Trinajstić information content (AvgIpc) is 2.75. The molecule has 162 valence electrons. The number of methoxy groups -OCH3 is 1. The lowest BCUT2D eigenvalue weighted by atomic mass is 9.80. The van der Waals surface area contributed by atoms with Gasteiger partial charge in [0.25, 0.3) is 0 Å². The molecule has 0 aromatic heterocycles. The predicted octanol–water partition coefficient (Wildman–Crippen LogP) is 5.52. The highest BCUT2D eigenvalue weighted by molar-refractivity contribution is 6.44. The van der Waals surface area contributed by atoms with Gasteiger partial charge in [0.05, 0.1) is 5.92 Å². The van der Waals surface area contributed by atoms with E-state index in [-0.39, 0.29) is 12.0 Å². The van der Waals surface area contributed by atoms with Crippen LogP contribution in [0.4, 0.5) is 17.6 Å². The zero-order chi connectivity index (χ0) is 22.6. The van der Waals surface area contributed by atoms with Crippen molar-refractivity contribution in [3.8, 4) is 5.75 Å². The topological polar surface area (TPSA) is 52.6 Å². The normalized spacial score (nSPS) is 17.4. The Balaban J connectivity index is 1.89. The van der Waals surface area contributed by atoms with Gasteiger partial charge in [-0.2, -0.15) is 0 Å². The molecule has 0 heterocycles. The molecule has 2 atom stereocenters. The number of carbonyl (C=O) groups excluding carboxylic acids is 2. The minimum absolute atomic E-state index is 0.185. The van der Waals surface area contributed by atoms with E-state index in [1.165, 1.54) is 43.5 Å². The molecule has 0 saturated carbocycles. The van der Waals surface area contributed by atoms with Crippen molar-refractivity contribution in [3.05, 3.63) is 89.3 Å². The molecule has 0 spiro atoms. The van der Waals surface area contributed by atoms with E-state index in [2.05, 4.69) is 4.74 Å². The lowest BCUT2D eigenvalue weighted by molar-refractivity contribution is -0.274. The van der Waals surface area contributed by atoms with E-state index in [4.69, 9.17) is 4.74 Å². The number of ether oxygens (including phenoxy) is 2. The summed E-state index contributed by atoms with van der Waals surface area (Å²) in [5, 5.41) is 0. The van der Waals surface area contributed by atoms with Crippen molar-refractivity contribution in [1.82, 2.24) is 0 Å². The van der Waals surface area contributed by atoms with Crippen LogP contribution in [0.25, 0.3) is 0 Å². The number of Topliss-reactive ketones (excluding diaryl/α,β-unsaturated/α-hetero) is 2. The van der Waals surface area contributed by atoms with Gasteiger partial charge in [0.15, 0.2) is 0 Å². The second kappa shape index (κ2) is 9.26. The van der Waals surface area contributed by atoms with E-state index in [0.717, 1.165) is 12.1 Å². The summed E-state index contributed by atoms with van der Waals surface area (Å²) < 4.78 is 60.5. The third-order valence-electron chi connectivity index (χ3n) is 4.79.